The largest absolute Gasteiger partial charge is 0.395 e. The highest BCUT2D eigenvalue weighted by molar-refractivity contribution is 4.69. The third-order valence-corrected chi connectivity index (χ3v) is 1.59. The van der Waals surface area contributed by atoms with E-state index in [-0.39, 0.29) is 12.6 Å². The Balaban J connectivity index is 3.41. The summed E-state index contributed by atoms with van der Waals surface area (Å²) in [5.74, 6) is 0. The molecule has 0 heterocycles. The first-order valence-corrected chi connectivity index (χ1v) is 3.81. The maximum atomic E-state index is 8.77. The van der Waals surface area contributed by atoms with Crippen LogP contribution in [-0.2, 0) is 0 Å². The standard InChI is InChI=1S/C7H18N2O/c1-3-7(5-10)9-6(2)4-8/h6-7,9-10H,3-5,8H2,1-2H3/t6?,7-/m0/s1. The quantitative estimate of drug-likeness (QED) is 0.499. The van der Waals surface area contributed by atoms with E-state index in [1.807, 2.05) is 13.8 Å². The number of nitrogens with one attached hydrogen (secondary N) is 1. The highest BCUT2D eigenvalue weighted by Gasteiger charge is 2.06. The van der Waals surface area contributed by atoms with E-state index in [4.69, 9.17) is 10.8 Å². The minimum Gasteiger partial charge on any atom is -0.395 e. The summed E-state index contributed by atoms with van der Waals surface area (Å²) >= 11 is 0. The Kier molecular flexibility index (Phi) is 5.58. The predicted octanol–water partition coefficient (Wildman–Crippen LogP) is -0.306. The molecule has 0 aromatic carbocycles. The van der Waals surface area contributed by atoms with Gasteiger partial charge in [0.25, 0.3) is 0 Å². The molecular weight excluding hydrogens is 128 g/mol. The summed E-state index contributed by atoms with van der Waals surface area (Å²) in [5.41, 5.74) is 5.39. The van der Waals surface area contributed by atoms with E-state index in [2.05, 4.69) is 5.32 Å². The van der Waals surface area contributed by atoms with Crippen molar-refractivity contribution in [3.8, 4) is 0 Å². The minimum atomic E-state index is 0.195. The molecule has 0 amide bonds. The Morgan fingerprint density at radius 1 is 1.60 bits per heavy atom. The van der Waals surface area contributed by atoms with Gasteiger partial charge in [-0.3, -0.25) is 0 Å². The number of aliphatic hydroxyl groups is 1. The molecule has 0 aromatic heterocycles. The highest BCUT2D eigenvalue weighted by atomic mass is 16.3. The van der Waals surface area contributed by atoms with Gasteiger partial charge in [0, 0.05) is 18.6 Å². The molecule has 0 saturated carbocycles. The van der Waals surface area contributed by atoms with Crippen molar-refractivity contribution < 1.29 is 5.11 Å². The monoisotopic (exact) mass is 146 g/mol. The van der Waals surface area contributed by atoms with Crippen LogP contribution in [0.25, 0.3) is 0 Å². The Labute approximate surface area is 62.6 Å². The number of hydrogen-bond acceptors (Lipinski definition) is 3. The van der Waals surface area contributed by atoms with Crippen molar-refractivity contribution in [3.05, 3.63) is 0 Å². The van der Waals surface area contributed by atoms with Crippen LogP contribution >= 0.6 is 0 Å². The molecule has 0 fully saturated rings. The lowest BCUT2D eigenvalue weighted by atomic mass is 10.2. The predicted molar refractivity (Wildman–Crippen MR) is 42.8 cm³/mol. The Morgan fingerprint density at radius 3 is 2.50 bits per heavy atom. The molecule has 3 heteroatoms. The summed E-state index contributed by atoms with van der Waals surface area (Å²) < 4.78 is 0. The average molecular weight is 146 g/mol. The molecule has 0 radical (unpaired) electrons. The van der Waals surface area contributed by atoms with Gasteiger partial charge in [0.1, 0.15) is 0 Å². The lowest BCUT2D eigenvalue weighted by Crippen LogP contribution is -2.42. The van der Waals surface area contributed by atoms with Crippen LogP contribution in [0.3, 0.4) is 0 Å². The van der Waals surface area contributed by atoms with Crippen LogP contribution < -0.4 is 11.1 Å². The summed E-state index contributed by atoms with van der Waals surface area (Å²) in [6, 6.07) is 0.510. The van der Waals surface area contributed by atoms with E-state index < -0.39 is 0 Å². The summed E-state index contributed by atoms with van der Waals surface area (Å²) in [7, 11) is 0. The van der Waals surface area contributed by atoms with E-state index in [1.165, 1.54) is 0 Å². The third-order valence-electron chi connectivity index (χ3n) is 1.59. The molecular formula is C7H18N2O. The fourth-order valence-electron chi connectivity index (χ4n) is 0.770. The van der Waals surface area contributed by atoms with Crippen LogP contribution in [0, 0.1) is 0 Å². The first kappa shape index (κ1) is 9.88. The smallest absolute Gasteiger partial charge is 0.0584 e. The van der Waals surface area contributed by atoms with Crippen LogP contribution in [-0.4, -0.2) is 30.3 Å². The molecule has 0 aliphatic carbocycles. The maximum absolute atomic E-state index is 8.77. The van der Waals surface area contributed by atoms with E-state index in [1.54, 1.807) is 0 Å². The lowest BCUT2D eigenvalue weighted by molar-refractivity contribution is 0.230. The van der Waals surface area contributed by atoms with Gasteiger partial charge in [-0.25, -0.2) is 0 Å². The van der Waals surface area contributed by atoms with Gasteiger partial charge in [-0.1, -0.05) is 6.92 Å². The van der Waals surface area contributed by atoms with Crippen molar-refractivity contribution in [2.24, 2.45) is 5.73 Å². The van der Waals surface area contributed by atoms with E-state index >= 15 is 0 Å². The number of nitrogens with two attached hydrogens (primary N) is 1. The number of aliphatic hydroxyl groups excluding tert-OH is 1. The second kappa shape index (κ2) is 5.65. The van der Waals surface area contributed by atoms with Gasteiger partial charge in [0.05, 0.1) is 6.61 Å². The molecule has 4 N–H and O–H groups in total. The maximum Gasteiger partial charge on any atom is 0.0584 e. The van der Waals surface area contributed by atoms with Gasteiger partial charge in [-0.2, -0.15) is 0 Å². The van der Waals surface area contributed by atoms with Crippen molar-refractivity contribution >= 4 is 0 Å². The van der Waals surface area contributed by atoms with E-state index in [0.29, 0.717) is 12.6 Å². The SMILES string of the molecule is CC[C@@H](CO)NC(C)CN. The molecule has 2 atom stereocenters. The molecule has 1 unspecified atom stereocenters. The van der Waals surface area contributed by atoms with Crippen molar-refractivity contribution in [1.29, 1.82) is 0 Å². The molecule has 0 aromatic rings. The lowest BCUT2D eigenvalue weighted by Gasteiger charge is -2.18. The van der Waals surface area contributed by atoms with Gasteiger partial charge >= 0.3 is 0 Å². The zero-order valence-corrected chi connectivity index (χ0v) is 6.80. The summed E-state index contributed by atoms with van der Waals surface area (Å²) in [5, 5.41) is 12.0. The van der Waals surface area contributed by atoms with Crippen LogP contribution in [0.15, 0.2) is 0 Å². The van der Waals surface area contributed by atoms with E-state index in [0.717, 1.165) is 6.42 Å². The number of rotatable bonds is 5. The molecule has 3 nitrogen and oxygen atoms in total. The van der Waals surface area contributed by atoms with Crippen molar-refractivity contribution in [2.45, 2.75) is 32.4 Å². The fraction of sp³-hybridized carbons (Fsp3) is 1.00. The van der Waals surface area contributed by atoms with Gasteiger partial charge in [-0.05, 0) is 13.3 Å². The second-order valence-corrected chi connectivity index (χ2v) is 2.59. The van der Waals surface area contributed by atoms with Gasteiger partial charge in [0.15, 0.2) is 0 Å². The molecule has 62 valence electrons. The van der Waals surface area contributed by atoms with Gasteiger partial charge in [0.2, 0.25) is 0 Å². The van der Waals surface area contributed by atoms with E-state index in [9.17, 15) is 0 Å². The molecule has 0 aliphatic heterocycles. The van der Waals surface area contributed by atoms with Crippen LogP contribution in [0.2, 0.25) is 0 Å². The average Bonchev–Trinajstić information content (AvgIpc) is 1.99. The third kappa shape index (κ3) is 3.82. The molecule has 0 saturated heterocycles. The normalized spacial score (nSPS) is 16.8. The zero-order valence-electron chi connectivity index (χ0n) is 6.80. The van der Waals surface area contributed by atoms with Crippen LogP contribution in [0.4, 0.5) is 0 Å². The van der Waals surface area contributed by atoms with Crippen molar-refractivity contribution in [2.75, 3.05) is 13.2 Å². The molecule has 10 heavy (non-hydrogen) atoms. The molecule has 0 aliphatic rings. The number of hydrogen-bond donors (Lipinski definition) is 3. The Bertz CT molecular complexity index is 74.0. The Morgan fingerprint density at radius 2 is 2.20 bits per heavy atom. The second-order valence-electron chi connectivity index (χ2n) is 2.59. The molecule has 0 rings (SSSR count). The Hall–Kier alpha value is -0.120. The topological polar surface area (TPSA) is 58.3 Å². The van der Waals surface area contributed by atoms with Crippen molar-refractivity contribution in [1.82, 2.24) is 5.32 Å². The fourth-order valence-corrected chi connectivity index (χ4v) is 0.770. The zero-order chi connectivity index (χ0) is 7.98. The van der Waals surface area contributed by atoms with Crippen molar-refractivity contribution in [3.63, 3.8) is 0 Å². The summed E-state index contributed by atoms with van der Waals surface area (Å²) in [6.07, 6.45) is 0.945. The minimum absolute atomic E-state index is 0.195. The van der Waals surface area contributed by atoms with Gasteiger partial charge in [-0.15, -0.1) is 0 Å². The highest BCUT2D eigenvalue weighted by Crippen LogP contribution is 1.90. The summed E-state index contributed by atoms with van der Waals surface area (Å²) in [4.78, 5) is 0. The first-order valence-electron chi connectivity index (χ1n) is 3.81. The first-order chi connectivity index (χ1) is 4.74. The summed E-state index contributed by atoms with van der Waals surface area (Å²) in [6.45, 7) is 4.87. The molecule has 0 spiro atoms. The van der Waals surface area contributed by atoms with Crippen LogP contribution in [0.1, 0.15) is 20.3 Å². The van der Waals surface area contributed by atoms with Crippen LogP contribution in [0.5, 0.6) is 0 Å². The van der Waals surface area contributed by atoms with Gasteiger partial charge < -0.3 is 16.2 Å². The molecule has 0 bridgehead atoms.